The van der Waals surface area contributed by atoms with Crippen LogP contribution in [0.25, 0.3) is 28.2 Å². The van der Waals surface area contributed by atoms with Crippen LogP contribution in [0.5, 0.6) is 5.75 Å². The van der Waals surface area contributed by atoms with Gasteiger partial charge in [0.2, 0.25) is 5.89 Å². The smallest absolute Gasteiger partial charge is 0.231 e. The molecule has 0 fully saturated rings. The Labute approximate surface area is 152 Å². The predicted octanol–water partition coefficient (Wildman–Crippen LogP) is 4.47. The lowest BCUT2D eigenvalue weighted by molar-refractivity contribution is 0.470. The van der Waals surface area contributed by atoms with Crippen molar-refractivity contribution in [2.45, 2.75) is 20.8 Å². The summed E-state index contributed by atoms with van der Waals surface area (Å²) in [4.78, 5) is 4.57. The minimum absolute atomic E-state index is 0.146. The van der Waals surface area contributed by atoms with Gasteiger partial charge in [0.25, 0.3) is 0 Å². The fourth-order valence-corrected chi connectivity index (χ4v) is 3.36. The number of hydrogen-bond donors (Lipinski definition) is 1. The van der Waals surface area contributed by atoms with Gasteiger partial charge in [-0.25, -0.2) is 4.98 Å². The van der Waals surface area contributed by atoms with Gasteiger partial charge in [0.15, 0.2) is 5.58 Å². The number of fused-ring (bicyclic) bond motifs is 1. The summed E-state index contributed by atoms with van der Waals surface area (Å²) in [6.07, 6.45) is 3.20. The summed E-state index contributed by atoms with van der Waals surface area (Å²) in [5.41, 5.74) is 5.72. The van der Waals surface area contributed by atoms with Gasteiger partial charge in [0, 0.05) is 5.69 Å². The van der Waals surface area contributed by atoms with Gasteiger partial charge in [0.1, 0.15) is 23.9 Å². The van der Waals surface area contributed by atoms with Crippen molar-refractivity contribution in [2.75, 3.05) is 0 Å². The van der Waals surface area contributed by atoms with E-state index in [0.717, 1.165) is 32.4 Å². The number of aromatic hydroxyl groups is 1. The van der Waals surface area contributed by atoms with Crippen molar-refractivity contribution in [3.05, 3.63) is 52.0 Å². The van der Waals surface area contributed by atoms with Crippen LogP contribution in [0, 0.1) is 20.8 Å². The van der Waals surface area contributed by atoms with Crippen LogP contribution < -0.4 is 0 Å². The van der Waals surface area contributed by atoms with Crippen LogP contribution in [-0.4, -0.2) is 24.9 Å². The largest absolute Gasteiger partial charge is 0.507 e. The third-order valence-electron chi connectivity index (χ3n) is 4.36. The zero-order valence-corrected chi connectivity index (χ0v) is 15.5. The number of rotatable bonds is 2. The minimum Gasteiger partial charge on any atom is -0.507 e. The lowest BCUT2D eigenvalue weighted by Gasteiger charge is -2.08. The number of benzene rings is 2. The number of phenols is 1. The van der Waals surface area contributed by atoms with E-state index in [1.807, 2.05) is 39.0 Å². The first kappa shape index (κ1) is 15.8. The third-order valence-corrected chi connectivity index (χ3v) is 5.31. The molecule has 0 radical (unpaired) electrons. The molecule has 126 valence electrons. The van der Waals surface area contributed by atoms with Crippen LogP contribution >= 0.6 is 15.9 Å². The van der Waals surface area contributed by atoms with Crippen molar-refractivity contribution >= 4 is 27.0 Å². The van der Waals surface area contributed by atoms with Crippen LogP contribution in [-0.2, 0) is 0 Å². The fraction of sp³-hybridized carbons (Fsp3) is 0.167. The van der Waals surface area contributed by atoms with Gasteiger partial charge in [-0.2, -0.15) is 0 Å². The average Bonchev–Trinajstić information content (AvgIpc) is 3.25. The molecule has 0 spiro atoms. The van der Waals surface area contributed by atoms with E-state index in [1.54, 1.807) is 17.2 Å². The highest BCUT2D eigenvalue weighted by Gasteiger charge is 2.18. The average molecular weight is 399 g/mol. The zero-order valence-electron chi connectivity index (χ0n) is 13.9. The van der Waals surface area contributed by atoms with Gasteiger partial charge >= 0.3 is 0 Å². The number of aryl methyl sites for hydroxylation is 2. The normalized spacial score (nSPS) is 11.4. The molecule has 0 unspecified atom stereocenters. The molecule has 4 rings (SSSR count). The Balaban J connectivity index is 1.95. The Hall–Kier alpha value is -2.67. The van der Waals surface area contributed by atoms with Crippen molar-refractivity contribution in [2.24, 2.45) is 0 Å². The second-order valence-electron chi connectivity index (χ2n) is 6.03. The molecule has 0 aliphatic carbocycles. The first-order valence-electron chi connectivity index (χ1n) is 7.71. The fourth-order valence-electron chi connectivity index (χ4n) is 2.77. The van der Waals surface area contributed by atoms with E-state index in [9.17, 15) is 5.11 Å². The molecule has 0 atom stereocenters. The van der Waals surface area contributed by atoms with E-state index in [4.69, 9.17) is 4.42 Å². The standard InChI is InChI=1S/C18H15BrN4O2/c1-9-5-14-17(15(19)11(9)3)25-18(22-14)13-6-12(4-10(2)16(13)24)23-7-20-21-8-23/h4-8,24H,1-3H3. The molecular weight excluding hydrogens is 384 g/mol. The van der Waals surface area contributed by atoms with Crippen molar-refractivity contribution < 1.29 is 9.52 Å². The molecular formula is C18H15BrN4O2. The summed E-state index contributed by atoms with van der Waals surface area (Å²) in [7, 11) is 0. The maximum absolute atomic E-state index is 10.5. The molecule has 4 aromatic rings. The molecule has 0 saturated carbocycles. The quantitative estimate of drug-likeness (QED) is 0.538. The summed E-state index contributed by atoms with van der Waals surface area (Å²) in [5.74, 6) is 0.518. The van der Waals surface area contributed by atoms with Crippen LogP contribution in [0.4, 0.5) is 0 Å². The molecule has 0 aliphatic rings. The number of aromatic nitrogens is 4. The van der Waals surface area contributed by atoms with E-state index in [1.165, 1.54) is 0 Å². The molecule has 0 saturated heterocycles. The van der Waals surface area contributed by atoms with Gasteiger partial charge in [0.05, 0.1) is 10.0 Å². The molecule has 6 nitrogen and oxygen atoms in total. The summed E-state index contributed by atoms with van der Waals surface area (Å²) < 4.78 is 8.62. The van der Waals surface area contributed by atoms with E-state index >= 15 is 0 Å². The van der Waals surface area contributed by atoms with Gasteiger partial charge in [-0.3, -0.25) is 4.57 Å². The van der Waals surface area contributed by atoms with E-state index in [2.05, 4.69) is 31.1 Å². The summed E-state index contributed by atoms with van der Waals surface area (Å²) in [6, 6.07) is 5.65. The SMILES string of the molecule is Cc1cc2nc(-c3cc(-n4cnnc4)cc(C)c3O)oc2c(Br)c1C. The molecule has 1 N–H and O–H groups in total. The van der Waals surface area contributed by atoms with Crippen molar-refractivity contribution in [3.8, 4) is 22.9 Å². The monoisotopic (exact) mass is 398 g/mol. The topological polar surface area (TPSA) is 77.0 Å². The Morgan fingerprint density at radius 2 is 1.76 bits per heavy atom. The van der Waals surface area contributed by atoms with Crippen LogP contribution in [0.15, 0.2) is 39.7 Å². The van der Waals surface area contributed by atoms with Crippen molar-refractivity contribution in [1.29, 1.82) is 0 Å². The maximum atomic E-state index is 10.5. The Kier molecular flexibility index (Phi) is 3.61. The van der Waals surface area contributed by atoms with Crippen LogP contribution in [0.2, 0.25) is 0 Å². The number of oxazole rings is 1. The maximum Gasteiger partial charge on any atom is 0.231 e. The van der Waals surface area contributed by atoms with Gasteiger partial charge < -0.3 is 9.52 Å². The molecule has 2 heterocycles. The van der Waals surface area contributed by atoms with Gasteiger partial charge in [-0.05, 0) is 71.6 Å². The van der Waals surface area contributed by atoms with Crippen LogP contribution in [0.1, 0.15) is 16.7 Å². The highest BCUT2D eigenvalue weighted by Crippen LogP contribution is 2.38. The summed E-state index contributed by atoms with van der Waals surface area (Å²) in [5, 5.41) is 18.2. The highest BCUT2D eigenvalue weighted by atomic mass is 79.9. The second kappa shape index (κ2) is 5.70. The zero-order chi connectivity index (χ0) is 17.7. The Bertz CT molecular complexity index is 1100. The van der Waals surface area contributed by atoms with E-state index < -0.39 is 0 Å². The molecule has 25 heavy (non-hydrogen) atoms. The Morgan fingerprint density at radius 1 is 1.04 bits per heavy atom. The van der Waals surface area contributed by atoms with E-state index in [0.29, 0.717) is 17.0 Å². The summed E-state index contributed by atoms with van der Waals surface area (Å²) in [6.45, 7) is 5.89. The highest BCUT2D eigenvalue weighted by molar-refractivity contribution is 9.10. The van der Waals surface area contributed by atoms with Crippen molar-refractivity contribution in [3.63, 3.8) is 0 Å². The first-order chi connectivity index (χ1) is 12.0. The lowest BCUT2D eigenvalue weighted by Crippen LogP contribution is -1.93. The predicted molar refractivity (Wildman–Crippen MR) is 97.9 cm³/mol. The first-order valence-corrected chi connectivity index (χ1v) is 8.50. The molecule has 0 amide bonds. The van der Waals surface area contributed by atoms with Gasteiger partial charge in [-0.1, -0.05) is 0 Å². The molecule has 0 aliphatic heterocycles. The lowest BCUT2D eigenvalue weighted by atomic mass is 10.1. The molecule has 2 aromatic heterocycles. The Morgan fingerprint density at radius 3 is 2.48 bits per heavy atom. The number of nitrogens with zero attached hydrogens (tertiary/aromatic N) is 4. The van der Waals surface area contributed by atoms with Crippen LogP contribution in [0.3, 0.4) is 0 Å². The number of hydrogen-bond acceptors (Lipinski definition) is 5. The molecule has 2 aromatic carbocycles. The minimum atomic E-state index is 0.146. The molecule has 0 bridgehead atoms. The van der Waals surface area contributed by atoms with Crippen molar-refractivity contribution in [1.82, 2.24) is 19.7 Å². The molecule has 7 heteroatoms. The second-order valence-corrected chi connectivity index (χ2v) is 6.82. The number of phenolic OH excluding ortho intramolecular Hbond substituents is 1. The summed E-state index contributed by atoms with van der Waals surface area (Å²) >= 11 is 3.58. The third kappa shape index (κ3) is 2.51. The van der Waals surface area contributed by atoms with Gasteiger partial charge in [-0.15, -0.1) is 10.2 Å². The van der Waals surface area contributed by atoms with E-state index in [-0.39, 0.29) is 5.75 Å². The number of halogens is 1.